The summed E-state index contributed by atoms with van der Waals surface area (Å²) in [4.78, 5) is 2.18. The van der Waals surface area contributed by atoms with Crippen molar-refractivity contribution in [2.45, 2.75) is 6.92 Å². The van der Waals surface area contributed by atoms with E-state index in [0.29, 0.717) is 16.9 Å². The van der Waals surface area contributed by atoms with E-state index in [1.807, 2.05) is 19.1 Å². The predicted molar refractivity (Wildman–Crippen MR) is 81.1 cm³/mol. The number of aryl methyl sites for hydroxylation is 2. The molecule has 0 bridgehead atoms. The zero-order chi connectivity index (χ0) is 14.3. The highest BCUT2D eigenvalue weighted by molar-refractivity contribution is 7.15. The molecule has 20 heavy (non-hydrogen) atoms. The van der Waals surface area contributed by atoms with Gasteiger partial charge in [-0.2, -0.15) is 5.10 Å². The standard InChI is InChI=1S/C15H14FN3S/c1-9-7-8-12(20-9)14-13(15(17)19(2)18-14)10-5-3-4-6-11(10)16/h3-8H,17H2,1-2H3. The molecule has 0 aliphatic rings. The van der Waals surface area contributed by atoms with Gasteiger partial charge in [0, 0.05) is 17.5 Å². The summed E-state index contributed by atoms with van der Waals surface area (Å²) in [5.74, 6) is 0.179. The summed E-state index contributed by atoms with van der Waals surface area (Å²) in [6.45, 7) is 2.03. The summed E-state index contributed by atoms with van der Waals surface area (Å²) < 4.78 is 15.7. The first-order valence-corrected chi connectivity index (χ1v) is 7.03. The van der Waals surface area contributed by atoms with Crippen molar-refractivity contribution in [1.29, 1.82) is 0 Å². The molecule has 1 aromatic carbocycles. The number of anilines is 1. The van der Waals surface area contributed by atoms with E-state index in [4.69, 9.17) is 5.73 Å². The summed E-state index contributed by atoms with van der Waals surface area (Å²) in [7, 11) is 1.77. The van der Waals surface area contributed by atoms with Gasteiger partial charge in [0.15, 0.2) is 0 Å². The predicted octanol–water partition coefficient (Wildman–Crippen LogP) is 3.85. The van der Waals surface area contributed by atoms with E-state index in [9.17, 15) is 4.39 Å². The third-order valence-corrected chi connectivity index (χ3v) is 4.22. The van der Waals surface area contributed by atoms with Crippen LogP contribution in [-0.2, 0) is 7.05 Å². The zero-order valence-corrected chi connectivity index (χ0v) is 12.0. The number of nitrogen functional groups attached to an aromatic ring is 1. The van der Waals surface area contributed by atoms with E-state index < -0.39 is 0 Å². The fourth-order valence-corrected chi connectivity index (χ4v) is 3.06. The van der Waals surface area contributed by atoms with E-state index in [0.717, 1.165) is 10.6 Å². The van der Waals surface area contributed by atoms with Gasteiger partial charge >= 0.3 is 0 Å². The van der Waals surface area contributed by atoms with Crippen LogP contribution in [0.4, 0.5) is 10.2 Å². The van der Waals surface area contributed by atoms with Crippen LogP contribution in [0.2, 0.25) is 0 Å². The highest BCUT2D eigenvalue weighted by atomic mass is 32.1. The van der Waals surface area contributed by atoms with E-state index in [1.54, 1.807) is 41.3 Å². The largest absolute Gasteiger partial charge is 0.383 e. The molecule has 2 aromatic heterocycles. The molecule has 0 unspecified atom stereocenters. The summed E-state index contributed by atoms with van der Waals surface area (Å²) in [5, 5.41) is 4.45. The van der Waals surface area contributed by atoms with Crippen molar-refractivity contribution in [3.05, 3.63) is 47.1 Å². The number of hydrogen-bond acceptors (Lipinski definition) is 3. The molecule has 3 aromatic rings. The topological polar surface area (TPSA) is 43.8 Å². The Morgan fingerprint density at radius 2 is 1.95 bits per heavy atom. The van der Waals surface area contributed by atoms with Crippen LogP contribution in [0.5, 0.6) is 0 Å². The molecule has 0 aliphatic carbocycles. The minimum atomic E-state index is -0.290. The fraction of sp³-hybridized carbons (Fsp3) is 0.133. The van der Waals surface area contributed by atoms with Gasteiger partial charge in [-0.3, -0.25) is 4.68 Å². The average Bonchev–Trinajstić information content (AvgIpc) is 2.96. The van der Waals surface area contributed by atoms with E-state index in [2.05, 4.69) is 5.10 Å². The lowest BCUT2D eigenvalue weighted by atomic mass is 10.0. The van der Waals surface area contributed by atoms with Gasteiger partial charge in [0.2, 0.25) is 0 Å². The lowest BCUT2D eigenvalue weighted by Crippen LogP contribution is -1.98. The lowest BCUT2D eigenvalue weighted by molar-refractivity contribution is 0.631. The SMILES string of the molecule is Cc1ccc(-c2nn(C)c(N)c2-c2ccccc2F)s1. The molecular weight excluding hydrogens is 273 g/mol. The van der Waals surface area contributed by atoms with Crippen LogP contribution < -0.4 is 5.73 Å². The molecule has 0 radical (unpaired) electrons. The molecule has 2 heterocycles. The summed E-state index contributed by atoms with van der Waals surface area (Å²) >= 11 is 1.62. The van der Waals surface area contributed by atoms with Crippen molar-refractivity contribution < 1.29 is 4.39 Å². The smallest absolute Gasteiger partial charge is 0.131 e. The number of hydrogen-bond donors (Lipinski definition) is 1. The van der Waals surface area contributed by atoms with Crippen molar-refractivity contribution >= 4 is 17.2 Å². The molecule has 102 valence electrons. The van der Waals surface area contributed by atoms with Gasteiger partial charge < -0.3 is 5.73 Å². The molecule has 5 heteroatoms. The quantitative estimate of drug-likeness (QED) is 0.778. The zero-order valence-electron chi connectivity index (χ0n) is 11.2. The Balaban J connectivity index is 2.28. The first-order valence-electron chi connectivity index (χ1n) is 6.22. The third kappa shape index (κ3) is 2.00. The molecule has 0 atom stereocenters. The van der Waals surface area contributed by atoms with E-state index in [-0.39, 0.29) is 5.82 Å². The second kappa shape index (κ2) is 4.76. The highest BCUT2D eigenvalue weighted by Crippen LogP contribution is 2.39. The van der Waals surface area contributed by atoms with Crippen LogP contribution in [-0.4, -0.2) is 9.78 Å². The average molecular weight is 287 g/mol. The maximum Gasteiger partial charge on any atom is 0.131 e. The molecule has 0 saturated heterocycles. The monoisotopic (exact) mass is 287 g/mol. The van der Waals surface area contributed by atoms with Crippen molar-refractivity contribution in [2.75, 3.05) is 5.73 Å². The van der Waals surface area contributed by atoms with Crippen molar-refractivity contribution in [3.8, 4) is 21.7 Å². The van der Waals surface area contributed by atoms with Gasteiger partial charge in [-0.05, 0) is 25.1 Å². The van der Waals surface area contributed by atoms with Gasteiger partial charge in [-0.1, -0.05) is 18.2 Å². The Hall–Kier alpha value is -2.14. The molecular formula is C15H14FN3S. The molecule has 3 nitrogen and oxygen atoms in total. The Labute approximate surface area is 120 Å². The van der Waals surface area contributed by atoms with Gasteiger partial charge in [-0.15, -0.1) is 11.3 Å². The number of nitrogens with zero attached hydrogens (tertiary/aromatic N) is 2. The second-order valence-corrected chi connectivity index (χ2v) is 5.91. The number of rotatable bonds is 2. The minimum absolute atomic E-state index is 0.290. The van der Waals surface area contributed by atoms with Crippen LogP contribution >= 0.6 is 11.3 Å². The Morgan fingerprint density at radius 1 is 1.20 bits per heavy atom. The van der Waals surface area contributed by atoms with Gasteiger partial charge in [0.1, 0.15) is 17.3 Å². The Bertz CT molecular complexity index is 773. The Morgan fingerprint density at radius 3 is 2.60 bits per heavy atom. The van der Waals surface area contributed by atoms with Gasteiger partial charge in [0.25, 0.3) is 0 Å². The van der Waals surface area contributed by atoms with Crippen LogP contribution in [0, 0.1) is 12.7 Å². The number of aromatic nitrogens is 2. The maximum atomic E-state index is 14.1. The maximum absolute atomic E-state index is 14.1. The molecule has 3 rings (SSSR count). The summed E-state index contributed by atoms with van der Waals surface area (Å²) in [6.07, 6.45) is 0. The second-order valence-electron chi connectivity index (χ2n) is 4.62. The van der Waals surface area contributed by atoms with Crippen molar-refractivity contribution in [2.24, 2.45) is 7.05 Å². The van der Waals surface area contributed by atoms with Crippen molar-refractivity contribution in [3.63, 3.8) is 0 Å². The van der Waals surface area contributed by atoms with E-state index >= 15 is 0 Å². The van der Waals surface area contributed by atoms with Crippen molar-refractivity contribution in [1.82, 2.24) is 9.78 Å². The fourth-order valence-electron chi connectivity index (χ4n) is 2.20. The third-order valence-electron chi connectivity index (χ3n) is 3.21. The molecule has 0 fully saturated rings. The summed E-state index contributed by atoms with van der Waals surface area (Å²) in [5.41, 5.74) is 7.96. The van der Waals surface area contributed by atoms with Crippen LogP contribution in [0.15, 0.2) is 36.4 Å². The van der Waals surface area contributed by atoms with Crippen LogP contribution in [0.25, 0.3) is 21.7 Å². The number of nitrogens with two attached hydrogens (primary N) is 1. The molecule has 0 aliphatic heterocycles. The first-order chi connectivity index (χ1) is 9.58. The van der Waals surface area contributed by atoms with Gasteiger partial charge in [0.05, 0.1) is 10.4 Å². The number of halogens is 1. The van der Waals surface area contributed by atoms with E-state index in [1.165, 1.54) is 10.9 Å². The molecule has 0 saturated carbocycles. The normalized spacial score (nSPS) is 10.9. The molecule has 0 amide bonds. The lowest BCUT2D eigenvalue weighted by Gasteiger charge is -2.04. The highest BCUT2D eigenvalue weighted by Gasteiger charge is 2.20. The summed E-state index contributed by atoms with van der Waals surface area (Å²) in [6, 6.07) is 10.6. The van der Waals surface area contributed by atoms with Crippen LogP contribution in [0.1, 0.15) is 4.88 Å². The van der Waals surface area contributed by atoms with Gasteiger partial charge in [-0.25, -0.2) is 4.39 Å². The molecule has 2 N–H and O–H groups in total. The molecule has 0 spiro atoms. The first kappa shape index (κ1) is 12.9. The van der Waals surface area contributed by atoms with Crippen LogP contribution in [0.3, 0.4) is 0 Å². The Kier molecular flexibility index (Phi) is 3.06. The number of thiophene rings is 1. The minimum Gasteiger partial charge on any atom is -0.383 e. The number of benzene rings is 1.